The molecule has 1 rings (SSSR count). The van der Waals surface area contributed by atoms with E-state index in [1.807, 2.05) is 13.2 Å². The fraction of sp³-hybridized carbons (Fsp3) is 0.533. The SMILES string of the molecule is CSC(CO)C(C)NC(=O)CCc1ccc(C)cc1. The van der Waals surface area contributed by atoms with Crippen molar-refractivity contribution in [1.82, 2.24) is 5.32 Å². The minimum atomic E-state index is -0.00878. The lowest BCUT2D eigenvalue weighted by Gasteiger charge is -2.21. The van der Waals surface area contributed by atoms with Gasteiger partial charge in [-0.05, 0) is 32.1 Å². The maximum Gasteiger partial charge on any atom is 0.220 e. The summed E-state index contributed by atoms with van der Waals surface area (Å²) in [4.78, 5) is 11.8. The number of amides is 1. The third-order valence-electron chi connectivity index (χ3n) is 3.19. The van der Waals surface area contributed by atoms with Crippen molar-refractivity contribution >= 4 is 17.7 Å². The van der Waals surface area contributed by atoms with Crippen LogP contribution in [0, 0.1) is 6.92 Å². The van der Waals surface area contributed by atoms with Crippen molar-refractivity contribution in [2.45, 2.75) is 38.0 Å². The largest absolute Gasteiger partial charge is 0.395 e. The number of carbonyl (C=O) groups excluding carboxylic acids is 1. The fourth-order valence-electron chi connectivity index (χ4n) is 1.87. The van der Waals surface area contributed by atoms with Crippen molar-refractivity contribution in [1.29, 1.82) is 0 Å². The first kappa shape index (κ1) is 16.1. The van der Waals surface area contributed by atoms with Gasteiger partial charge in [0.15, 0.2) is 0 Å². The van der Waals surface area contributed by atoms with E-state index in [2.05, 4.69) is 36.5 Å². The first-order chi connectivity index (χ1) is 9.06. The highest BCUT2D eigenvalue weighted by molar-refractivity contribution is 7.99. The van der Waals surface area contributed by atoms with Crippen molar-refractivity contribution in [3.8, 4) is 0 Å². The van der Waals surface area contributed by atoms with Gasteiger partial charge in [0.25, 0.3) is 0 Å². The molecule has 1 aromatic carbocycles. The minimum Gasteiger partial charge on any atom is -0.395 e. The molecule has 0 aliphatic heterocycles. The highest BCUT2D eigenvalue weighted by Crippen LogP contribution is 2.11. The Morgan fingerprint density at radius 3 is 2.53 bits per heavy atom. The third-order valence-corrected chi connectivity index (χ3v) is 4.35. The number of benzene rings is 1. The van der Waals surface area contributed by atoms with E-state index in [1.54, 1.807) is 11.8 Å². The minimum absolute atomic E-state index is 0.00878. The van der Waals surface area contributed by atoms with Crippen LogP contribution in [0.15, 0.2) is 24.3 Å². The average molecular weight is 281 g/mol. The summed E-state index contributed by atoms with van der Waals surface area (Å²) in [6.07, 6.45) is 3.18. The van der Waals surface area contributed by atoms with Crippen molar-refractivity contribution in [3.05, 3.63) is 35.4 Å². The van der Waals surface area contributed by atoms with Crippen LogP contribution in [0.5, 0.6) is 0 Å². The molecular weight excluding hydrogens is 258 g/mol. The van der Waals surface area contributed by atoms with Gasteiger partial charge >= 0.3 is 0 Å². The van der Waals surface area contributed by atoms with Crippen LogP contribution in [0.4, 0.5) is 0 Å². The number of aliphatic hydroxyl groups is 1. The van der Waals surface area contributed by atoms with E-state index < -0.39 is 0 Å². The molecule has 0 spiro atoms. The van der Waals surface area contributed by atoms with Gasteiger partial charge in [0.1, 0.15) is 0 Å². The molecule has 0 radical (unpaired) electrons. The van der Waals surface area contributed by atoms with Crippen molar-refractivity contribution < 1.29 is 9.90 Å². The van der Waals surface area contributed by atoms with E-state index in [4.69, 9.17) is 0 Å². The number of hydrogen-bond donors (Lipinski definition) is 2. The van der Waals surface area contributed by atoms with Crippen molar-refractivity contribution in [2.24, 2.45) is 0 Å². The lowest BCUT2D eigenvalue weighted by atomic mass is 10.1. The number of nitrogens with one attached hydrogen (secondary N) is 1. The van der Waals surface area contributed by atoms with Gasteiger partial charge in [0.05, 0.1) is 6.61 Å². The zero-order chi connectivity index (χ0) is 14.3. The molecule has 3 nitrogen and oxygen atoms in total. The molecule has 0 aliphatic carbocycles. The molecule has 4 heteroatoms. The van der Waals surface area contributed by atoms with Gasteiger partial charge in [0.2, 0.25) is 5.91 Å². The van der Waals surface area contributed by atoms with Crippen molar-refractivity contribution in [3.63, 3.8) is 0 Å². The van der Waals surface area contributed by atoms with Crippen LogP contribution in [0.1, 0.15) is 24.5 Å². The highest BCUT2D eigenvalue weighted by Gasteiger charge is 2.16. The molecule has 2 atom stereocenters. The van der Waals surface area contributed by atoms with E-state index in [9.17, 15) is 9.90 Å². The molecule has 106 valence electrons. The molecule has 0 saturated carbocycles. The zero-order valence-electron chi connectivity index (χ0n) is 11.8. The number of rotatable bonds is 7. The van der Waals surface area contributed by atoms with Crippen LogP contribution in [0.25, 0.3) is 0 Å². The number of aryl methyl sites for hydroxylation is 2. The molecule has 1 amide bonds. The lowest BCUT2D eigenvalue weighted by molar-refractivity contribution is -0.121. The topological polar surface area (TPSA) is 49.3 Å². The predicted molar refractivity (Wildman–Crippen MR) is 81.5 cm³/mol. The predicted octanol–water partition coefficient (Wildman–Crippen LogP) is 2.16. The normalized spacial score (nSPS) is 13.9. The standard InChI is InChI=1S/C15H23NO2S/c1-11-4-6-13(7-5-11)8-9-15(18)16-12(2)14(10-17)19-3/h4-7,12,14,17H,8-10H2,1-3H3,(H,16,18). The summed E-state index contributed by atoms with van der Waals surface area (Å²) in [5.74, 6) is 0.0422. The summed E-state index contributed by atoms with van der Waals surface area (Å²) >= 11 is 1.57. The second-order valence-electron chi connectivity index (χ2n) is 4.80. The molecule has 2 unspecified atom stereocenters. The summed E-state index contributed by atoms with van der Waals surface area (Å²) in [7, 11) is 0. The van der Waals surface area contributed by atoms with Crippen LogP contribution in [0.2, 0.25) is 0 Å². The molecule has 0 aromatic heterocycles. The van der Waals surface area contributed by atoms with Crippen LogP contribution in [-0.2, 0) is 11.2 Å². The molecule has 19 heavy (non-hydrogen) atoms. The maximum absolute atomic E-state index is 11.8. The molecule has 0 saturated heterocycles. The van der Waals surface area contributed by atoms with E-state index >= 15 is 0 Å². The average Bonchev–Trinajstić information content (AvgIpc) is 2.39. The van der Waals surface area contributed by atoms with Crippen LogP contribution in [-0.4, -0.2) is 35.2 Å². The Labute approximate surface area is 119 Å². The Morgan fingerprint density at radius 1 is 1.37 bits per heavy atom. The lowest BCUT2D eigenvalue weighted by Crippen LogP contribution is -2.41. The Kier molecular flexibility index (Phi) is 6.95. The van der Waals surface area contributed by atoms with E-state index in [1.165, 1.54) is 11.1 Å². The van der Waals surface area contributed by atoms with Gasteiger partial charge in [-0.25, -0.2) is 0 Å². The molecule has 1 aromatic rings. The van der Waals surface area contributed by atoms with E-state index in [-0.39, 0.29) is 23.8 Å². The second kappa shape index (κ2) is 8.23. The number of aliphatic hydroxyl groups excluding tert-OH is 1. The number of carbonyl (C=O) groups is 1. The fourth-order valence-corrected chi connectivity index (χ4v) is 2.49. The molecule has 2 N–H and O–H groups in total. The van der Waals surface area contributed by atoms with Gasteiger partial charge in [-0.2, -0.15) is 11.8 Å². The Hall–Kier alpha value is -1.00. The first-order valence-corrected chi connectivity index (χ1v) is 7.84. The third kappa shape index (κ3) is 5.66. The highest BCUT2D eigenvalue weighted by atomic mass is 32.2. The summed E-state index contributed by atoms with van der Waals surface area (Å²) in [6.45, 7) is 4.07. The zero-order valence-corrected chi connectivity index (χ0v) is 12.7. The van der Waals surface area contributed by atoms with E-state index in [0.29, 0.717) is 6.42 Å². The quantitative estimate of drug-likeness (QED) is 0.805. The van der Waals surface area contributed by atoms with Crippen LogP contribution >= 0.6 is 11.8 Å². The molecule has 0 fully saturated rings. The van der Waals surface area contributed by atoms with Crippen LogP contribution in [0.3, 0.4) is 0 Å². The summed E-state index contributed by atoms with van der Waals surface area (Å²) in [6, 6.07) is 8.23. The smallest absolute Gasteiger partial charge is 0.220 e. The number of thioether (sulfide) groups is 1. The van der Waals surface area contributed by atoms with Gasteiger partial charge in [-0.15, -0.1) is 0 Å². The number of hydrogen-bond acceptors (Lipinski definition) is 3. The van der Waals surface area contributed by atoms with Gasteiger partial charge in [-0.3, -0.25) is 4.79 Å². The molecule has 0 aliphatic rings. The molecule has 0 bridgehead atoms. The van der Waals surface area contributed by atoms with Crippen molar-refractivity contribution in [2.75, 3.05) is 12.9 Å². The summed E-state index contributed by atoms with van der Waals surface area (Å²) < 4.78 is 0. The molecule has 0 heterocycles. The second-order valence-corrected chi connectivity index (χ2v) is 5.88. The van der Waals surface area contributed by atoms with Crippen LogP contribution < -0.4 is 5.32 Å². The first-order valence-electron chi connectivity index (χ1n) is 6.55. The monoisotopic (exact) mass is 281 g/mol. The van der Waals surface area contributed by atoms with Gasteiger partial charge in [-0.1, -0.05) is 29.8 Å². The van der Waals surface area contributed by atoms with Gasteiger partial charge in [0, 0.05) is 17.7 Å². The molecular formula is C15H23NO2S. The Morgan fingerprint density at radius 2 is 2.00 bits per heavy atom. The Balaban J connectivity index is 2.37. The Bertz CT molecular complexity index is 388. The maximum atomic E-state index is 11.8. The summed E-state index contributed by atoms with van der Waals surface area (Å²) in [5.41, 5.74) is 2.41. The van der Waals surface area contributed by atoms with Gasteiger partial charge < -0.3 is 10.4 Å². The summed E-state index contributed by atoms with van der Waals surface area (Å²) in [5, 5.41) is 12.2. The van der Waals surface area contributed by atoms with E-state index in [0.717, 1.165) is 6.42 Å².